The molecule has 1 amide bonds. The number of nitrogens with one attached hydrogen (secondary N) is 1. The summed E-state index contributed by atoms with van der Waals surface area (Å²) in [6.45, 7) is 3.03. The third kappa shape index (κ3) is 5.65. The van der Waals surface area contributed by atoms with Crippen LogP contribution in [0.4, 0.5) is 0 Å². The van der Waals surface area contributed by atoms with Crippen LogP contribution in [0.5, 0.6) is 0 Å². The van der Waals surface area contributed by atoms with Crippen LogP contribution in [0.2, 0.25) is 5.02 Å². The summed E-state index contributed by atoms with van der Waals surface area (Å²) in [4.78, 5) is 14.2. The first-order chi connectivity index (χ1) is 11.0. The maximum Gasteiger partial charge on any atom is 0.234 e. The maximum absolute atomic E-state index is 12.2. The highest BCUT2D eigenvalue weighted by atomic mass is 79.9. The van der Waals surface area contributed by atoms with E-state index in [2.05, 4.69) is 27.3 Å². The molecule has 122 valence electrons. The fraction of sp³-hybridized carbons (Fsp3) is 0.278. The van der Waals surface area contributed by atoms with E-state index >= 15 is 0 Å². The Balaban J connectivity index is 1.86. The summed E-state index contributed by atoms with van der Waals surface area (Å²) in [5, 5.41) is 3.71. The molecule has 3 nitrogen and oxygen atoms in total. The van der Waals surface area contributed by atoms with Gasteiger partial charge in [0.25, 0.3) is 0 Å². The quantitative estimate of drug-likeness (QED) is 0.785. The summed E-state index contributed by atoms with van der Waals surface area (Å²) < 4.78 is 1.06. The zero-order chi connectivity index (χ0) is 16.8. The van der Waals surface area contributed by atoms with Crippen LogP contribution in [-0.4, -0.2) is 24.4 Å². The minimum atomic E-state index is -0.0448. The molecule has 1 unspecified atom stereocenters. The van der Waals surface area contributed by atoms with Crippen LogP contribution in [0.3, 0.4) is 0 Å². The molecule has 5 heteroatoms. The zero-order valence-electron chi connectivity index (χ0n) is 13.2. The van der Waals surface area contributed by atoms with Gasteiger partial charge in [-0.25, -0.2) is 0 Å². The summed E-state index contributed by atoms with van der Waals surface area (Å²) in [5.74, 6) is 0.00186. The highest BCUT2D eigenvalue weighted by Gasteiger charge is 2.12. The average molecular weight is 396 g/mol. The molecule has 0 saturated heterocycles. The molecule has 0 aliphatic heterocycles. The molecule has 2 rings (SSSR count). The molecule has 0 aromatic heterocycles. The second kappa shape index (κ2) is 8.48. The molecular formula is C18H20BrClN2O. The average Bonchev–Trinajstić information content (AvgIpc) is 2.50. The number of nitrogens with zero attached hydrogens (tertiary/aromatic N) is 1. The summed E-state index contributed by atoms with van der Waals surface area (Å²) in [7, 11) is 1.94. The number of rotatable bonds is 6. The minimum absolute atomic E-state index is 0.00186. The van der Waals surface area contributed by atoms with Crippen molar-refractivity contribution in [3.63, 3.8) is 0 Å². The molecule has 0 spiro atoms. The van der Waals surface area contributed by atoms with Gasteiger partial charge in [0.05, 0.1) is 12.6 Å². The lowest BCUT2D eigenvalue weighted by Gasteiger charge is -2.20. The number of hydrogen-bond acceptors (Lipinski definition) is 2. The summed E-state index contributed by atoms with van der Waals surface area (Å²) in [5.41, 5.74) is 2.20. The van der Waals surface area contributed by atoms with Crippen LogP contribution in [0.25, 0.3) is 0 Å². The van der Waals surface area contributed by atoms with E-state index in [0.717, 1.165) is 15.6 Å². The van der Waals surface area contributed by atoms with Gasteiger partial charge in [-0.1, -0.05) is 57.9 Å². The van der Waals surface area contributed by atoms with Crippen molar-refractivity contribution in [3.05, 3.63) is 69.2 Å². The molecule has 0 aliphatic rings. The topological polar surface area (TPSA) is 32.3 Å². The van der Waals surface area contributed by atoms with E-state index in [1.54, 1.807) is 0 Å². The van der Waals surface area contributed by atoms with E-state index in [-0.39, 0.29) is 11.9 Å². The number of likely N-dealkylation sites (N-methyl/N-ethyl adjacent to an activating group) is 1. The lowest BCUT2D eigenvalue weighted by atomic mass is 10.1. The van der Waals surface area contributed by atoms with Gasteiger partial charge in [0.1, 0.15) is 0 Å². The number of halogens is 2. The van der Waals surface area contributed by atoms with Crippen molar-refractivity contribution in [2.75, 3.05) is 13.6 Å². The number of carbonyl (C=O) groups excluding carboxylic acids is 1. The van der Waals surface area contributed by atoms with Crippen molar-refractivity contribution >= 4 is 33.4 Å². The van der Waals surface area contributed by atoms with Gasteiger partial charge in [0.2, 0.25) is 5.91 Å². The largest absolute Gasteiger partial charge is 0.348 e. The molecule has 2 aromatic carbocycles. The van der Waals surface area contributed by atoms with Crippen molar-refractivity contribution in [1.29, 1.82) is 0 Å². The van der Waals surface area contributed by atoms with E-state index in [0.29, 0.717) is 18.1 Å². The van der Waals surface area contributed by atoms with Gasteiger partial charge in [-0.3, -0.25) is 9.69 Å². The second-order valence-electron chi connectivity index (χ2n) is 5.60. The third-order valence-corrected chi connectivity index (χ3v) is 4.58. The third-order valence-electron chi connectivity index (χ3n) is 3.56. The summed E-state index contributed by atoms with van der Waals surface area (Å²) in [6.07, 6.45) is 0. The number of amides is 1. The van der Waals surface area contributed by atoms with E-state index in [1.165, 1.54) is 0 Å². The Morgan fingerprint density at radius 1 is 1.22 bits per heavy atom. The van der Waals surface area contributed by atoms with Crippen molar-refractivity contribution in [2.24, 2.45) is 0 Å². The van der Waals surface area contributed by atoms with E-state index < -0.39 is 0 Å². The van der Waals surface area contributed by atoms with E-state index in [1.807, 2.05) is 61.3 Å². The molecule has 0 saturated carbocycles. The zero-order valence-corrected chi connectivity index (χ0v) is 15.6. The van der Waals surface area contributed by atoms with Crippen molar-refractivity contribution in [2.45, 2.75) is 19.5 Å². The first-order valence-corrected chi connectivity index (χ1v) is 8.59. The van der Waals surface area contributed by atoms with Crippen LogP contribution < -0.4 is 5.32 Å². The molecule has 23 heavy (non-hydrogen) atoms. The Morgan fingerprint density at radius 3 is 2.52 bits per heavy atom. The van der Waals surface area contributed by atoms with Crippen LogP contribution in [0, 0.1) is 0 Å². The fourth-order valence-electron chi connectivity index (χ4n) is 2.34. The van der Waals surface area contributed by atoms with Crippen molar-refractivity contribution in [3.8, 4) is 0 Å². The number of hydrogen-bond donors (Lipinski definition) is 1. The van der Waals surface area contributed by atoms with Gasteiger partial charge in [-0.15, -0.1) is 0 Å². The Labute approximate surface area is 150 Å². The van der Waals surface area contributed by atoms with Crippen LogP contribution in [-0.2, 0) is 11.3 Å². The highest BCUT2D eigenvalue weighted by molar-refractivity contribution is 9.10. The maximum atomic E-state index is 12.2. The Kier molecular flexibility index (Phi) is 6.63. The Bertz CT molecular complexity index is 660. The molecule has 0 heterocycles. The molecular weight excluding hydrogens is 376 g/mol. The molecule has 1 atom stereocenters. The SMILES string of the molecule is CC(NC(=O)CN(C)Cc1ccccc1Br)c1ccc(Cl)cc1. The van der Waals surface area contributed by atoms with Gasteiger partial charge in [0, 0.05) is 16.0 Å². The predicted octanol–water partition coefficient (Wildman–Crippen LogP) is 4.41. The van der Waals surface area contributed by atoms with Crippen LogP contribution >= 0.6 is 27.5 Å². The molecule has 0 bridgehead atoms. The van der Waals surface area contributed by atoms with Gasteiger partial charge in [0.15, 0.2) is 0 Å². The van der Waals surface area contributed by atoms with Crippen molar-refractivity contribution in [1.82, 2.24) is 10.2 Å². The predicted molar refractivity (Wildman–Crippen MR) is 98.5 cm³/mol. The van der Waals surface area contributed by atoms with Gasteiger partial charge < -0.3 is 5.32 Å². The van der Waals surface area contributed by atoms with Crippen LogP contribution in [0.1, 0.15) is 24.1 Å². The summed E-state index contributed by atoms with van der Waals surface area (Å²) in [6, 6.07) is 15.5. The highest BCUT2D eigenvalue weighted by Crippen LogP contribution is 2.18. The lowest BCUT2D eigenvalue weighted by Crippen LogP contribution is -2.36. The first kappa shape index (κ1) is 18.0. The second-order valence-corrected chi connectivity index (χ2v) is 6.90. The monoisotopic (exact) mass is 394 g/mol. The minimum Gasteiger partial charge on any atom is -0.348 e. The molecule has 0 radical (unpaired) electrons. The first-order valence-electron chi connectivity index (χ1n) is 7.42. The molecule has 2 aromatic rings. The number of carbonyl (C=O) groups is 1. The summed E-state index contributed by atoms with van der Waals surface area (Å²) >= 11 is 9.41. The fourth-order valence-corrected chi connectivity index (χ4v) is 2.88. The smallest absolute Gasteiger partial charge is 0.234 e. The molecule has 0 fully saturated rings. The molecule has 0 aliphatic carbocycles. The number of benzene rings is 2. The van der Waals surface area contributed by atoms with Crippen molar-refractivity contribution < 1.29 is 4.79 Å². The standard InChI is InChI=1S/C18H20BrClN2O/c1-13(14-7-9-16(20)10-8-14)21-18(23)12-22(2)11-15-5-3-4-6-17(15)19/h3-10,13H,11-12H2,1-2H3,(H,21,23). The van der Waals surface area contributed by atoms with Gasteiger partial charge in [-0.2, -0.15) is 0 Å². The van der Waals surface area contributed by atoms with E-state index in [4.69, 9.17) is 11.6 Å². The van der Waals surface area contributed by atoms with Gasteiger partial charge in [-0.05, 0) is 43.3 Å². The van der Waals surface area contributed by atoms with Gasteiger partial charge >= 0.3 is 0 Å². The Morgan fingerprint density at radius 2 is 1.87 bits per heavy atom. The molecule has 1 N–H and O–H groups in total. The van der Waals surface area contributed by atoms with Crippen LogP contribution in [0.15, 0.2) is 53.0 Å². The normalized spacial score (nSPS) is 12.2. The Hall–Kier alpha value is -1.36. The lowest BCUT2D eigenvalue weighted by molar-refractivity contribution is -0.122. The van der Waals surface area contributed by atoms with E-state index in [9.17, 15) is 4.79 Å².